The third-order valence-electron chi connectivity index (χ3n) is 4.75. The van der Waals surface area contributed by atoms with Crippen LogP contribution in [0.15, 0.2) is 41.4 Å². The summed E-state index contributed by atoms with van der Waals surface area (Å²) in [6.45, 7) is 0.135. The van der Waals surface area contributed by atoms with Gasteiger partial charge in [-0.25, -0.2) is 4.79 Å². The molecule has 3 aliphatic rings. The fourth-order valence-electron chi connectivity index (χ4n) is 3.52. The van der Waals surface area contributed by atoms with Crippen molar-refractivity contribution in [2.45, 2.75) is 5.41 Å². The van der Waals surface area contributed by atoms with Crippen molar-refractivity contribution in [3.8, 4) is 11.5 Å². The van der Waals surface area contributed by atoms with Gasteiger partial charge >= 0.3 is 5.97 Å². The topological polar surface area (TPSA) is 80.3 Å². The average molecular weight is 356 g/mol. The Morgan fingerprint density at radius 3 is 2.23 bits per heavy atom. The van der Waals surface area contributed by atoms with Gasteiger partial charge in [-0.3, -0.25) is 4.79 Å². The van der Waals surface area contributed by atoms with Crippen molar-refractivity contribution in [1.82, 2.24) is 0 Å². The van der Waals surface area contributed by atoms with Crippen molar-refractivity contribution in [1.29, 1.82) is 0 Å². The largest absolute Gasteiger partial charge is 0.493 e. The highest BCUT2D eigenvalue weighted by Crippen LogP contribution is 2.51. The summed E-state index contributed by atoms with van der Waals surface area (Å²) in [7, 11) is 4.10. The first kappa shape index (κ1) is 16.3. The minimum Gasteiger partial charge on any atom is -0.493 e. The zero-order chi connectivity index (χ0) is 18.5. The fourth-order valence-corrected chi connectivity index (χ4v) is 3.52. The lowest BCUT2D eigenvalue weighted by Crippen LogP contribution is -2.33. The van der Waals surface area contributed by atoms with Crippen LogP contribution >= 0.6 is 0 Å². The van der Waals surface area contributed by atoms with Crippen LogP contribution in [-0.4, -0.2) is 39.9 Å². The van der Waals surface area contributed by atoms with Gasteiger partial charge < -0.3 is 23.7 Å². The average Bonchev–Trinajstić information content (AvgIpc) is 3.23. The predicted octanol–water partition coefficient (Wildman–Crippen LogP) is 1.87. The number of Topliss-reactive ketones (excluding diaryl/α,β-unsaturated/α-hetero) is 1. The summed E-state index contributed by atoms with van der Waals surface area (Å²) in [6, 6.07) is 3.60. The van der Waals surface area contributed by atoms with E-state index < -0.39 is 11.4 Å². The number of ketones is 1. The molecule has 1 heterocycles. The lowest BCUT2D eigenvalue weighted by Gasteiger charge is -2.30. The molecule has 0 saturated carbocycles. The van der Waals surface area contributed by atoms with Crippen molar-refractivity contribution in [2.24, 2.45) is 0 Å². The number of carbonyl (C=O) groups excluding carboxylic acids is 2. The predicted molar refractivity (Wildman–Crippen MR) is 89.4 cm³/mol. The SMILES string of the molecule is COC(=O)C1=Cc2cc3c(cc2C12C=C(OC)C(=O)C(OC)=C2)OCO3. The Morgan fingerprint density at radius 1 is 1.04 bits per heavy atom. The molecule has 0 radical (unpaired) electrons. The van der Waals surface area contributed by atoms with Gasteiger partial charge in [0.05, 0.1) is 32.3 Å². The first-order valence-electron chi connectivity index (χ1n) is 7.87. The molecule has 7 heteroatoms. The summed E-state index contributed by atoms with van der Waals surface area (Å²) < 4.78 is 26.4. The van der Waals surface area contributed by atoms with Crippen molar-refractivity contribution < 1.29 is 33.3 Å². The minimum absolute atomic E-state index is 0.0877. The molecule has 0 fully saturated rings. The molecule has 26 heavy (non-hydrogen) atoms. The van der Waals surface area contributed by atoms with Crippen LogP contribution in [0, 0.1) is 0 Å². The fraction of sp³-hybridized carbons (Fsp3) is 0.263. The molecule has 1 aromatic carbocycles. The Labute approximate surface area is 149 Å². The molecule has 7 nitrogen and oxygen atoms in total. The number of esters is 1. The summed E-state index contributed by atoms with van der Waals surface area (Å²) in [5, 5.41) is 0. The second kappa shape index (κ2) is 5.66. The van der Waals surface area contributed by atoms with Gasteiger partial charge in [0.25, 0.3) is 5.78 Å². The van der Waals surface area contributed by atoms with E-state index in [0.29, 0.717) is 17.1 Å². The summed E-state index contributed by atoms with van der Waals surface area (Å²) in [6.07, 6.45) is 4.93. The lowest BCUT2D eigenvalue weighted by atomic mass is 9.73. The standard InChI is InChI=1S/C19H16O7/c1-22-15-7-19(8-16(23-2)17(15)20)11-6-14-13(25-9-26-14)5-10(11)4-12(19)18(21)24-3/h4-8H,9H2,1-3H3. The van der Waals surface area contributed by atoms with Crippen LogP contribution in [0.25, 0.3) is 6.08 Å². The highest BCUT2D eigenvalue weighted by molar-refractivity contribution is 6.10. The van der Waals surface area contributed by atoms with E-state index in [4.69, 9.17) is 23.7 Å². The zero-order valence-electron chi connectivity index (χ0n) is 14.5. The number of fused-ring (bicyclic) bond motifs is 3. The van der Waals surface area contributed by atoms with Crippen molar-refractivity contribution >= 4 is 17.8 Å². The number of carbonyl (C=O) groups is 2. The Hall–Kier alpha value is -3.22. The quantitative estimate of drug-likeness (QED) is 0.765. The van der Waals surface area contributed by atoms with Gasteiger partial charge in [-0.05, 0) is 41.5 Å². The Bertz CT molecular complexity index is 896. The number of hydrogen-bond donors (Lipinski definition) is 0. The van der Waals surface area contributed by atoms with Crippen LogP contribution in [0.1, 0.15) is 11.1 Å². The van der Waals surface area contributed by atoms with E-state index >= 15 is 0 Å². The van der Waals surface area contributed by atoms with Crippen LogP contribution in [0.5, 0.6) is 11.5 Å². The van der Waals surface area contributed by atoms with Crippen LogP contribution < -0.4 is 9.47 Å². The number of hydrogen-bond acceptors (Lipinski definition) is 7. The molecule has 1 spiro atoms. The number of benzene rings is 1. The molecule has 4 rings (SSSR count). The highest BCUT2D eigenvalue weighted by atomic mass is 16.7. The second-order valence-corrected chi connectivity index (χ2v) is 5.97. The number of ether oxygens (including phenoxy) is 5. The molecule has 0 amide bonds. The summed E-state index contributed by atoms with van der Waals surface area (Å²) in [5.41, 5.74) is 0.796. The first-order chi connectivity index (χ1) is 12.5. The van der Waals surface area contributed by atoms with Crippen molar-refractivity contribution in [2.75, 3.05) is 28.1 Å². The van der Waals surface area contributed by atoms with Gasteiger partial charge in [0, 0.05) is 0 Å². The zero-order valence-corrected chi connectivity index (χ0v) is 14.5. The molecule has 134 valence electrons. The van der Waals surface area contributed by atoms with Crippen LogP contribution in [0.4, 0.5) is 0 Å². The molecule has 1 aliphatic heterocycles. The third kappa shape index (κ3) is 2.06. The van der Waals surface area contributed by atoms with Gasteiger partial charge in [-0.15, -0.1) is 0 Å². The van der Waals surface area contributed by atoms with Gasteiger partial charge in [0.1, 0.15) is 0 Å². The molecule has 0 N–H and O–H groups in total. The van der Waals surface area contributed by atoms with Gasteiger partial charge in [0.15, 0.2) is 23.0 Å². The smallest absolute Gasteiger partial charge is 0.335 e. The molecule has 2 aliphatic carbocycles. The maximum absolute atomic E-state index is 12.5. The molecule has 0 saturated heterocycles. The maximum atomic E-state index is 12.5. The van der Waals surface area contributed by atoms with E-state index in [1.807, 2.05) is 0 Å². The van der Waals surface area contributed by atoms with Gasteiger partial charge in [-0.1, -0.05) is 0 Å². The Morgan fingerprint density at radius 2 is 1.65 bits per heavy atom. The minimum atomic E-state index is -1.06. The molecule has 1 aromatic rings. The van der Waals surface area contributed by atoms with E-state index in [1.54, 1.807) is 30.4 Å². The molecular formula is C19H16O7. The highest BCUT2D eigenvalue weighted by Gasteiger charge is 2.48. The third-order valence-corrected chi connectivity index (χ3v) is 4.75. The van der Waals surface area contributed by atoms with Crippen LogP contribution in [0.3, 0.4) is 0 Å². The van der Waals surface area contributed by atoms with Crippen molar-refractivity contribution in [3.05, 3.63) is 52.5 Å². The lowest BCUT2D eigenvalue weighted by molar-refractivity contribution is -0.136. The molecular weight excluding hydrogens is 340 g/mol. The van der Waals surface area contributed by atoms with Gasteiger partial charge in [0.2, 0.25) is 6.79 Å². The summed E-state index contributed by atoms with van der Waals surface area (Å²) >= 11 is 0. The van der Waals surface area contributed by atoms with E-state index in [2.05, 4.69) is 0 Å². The molecule has 0 aromatic heterocycles. The van der Waals surface area contributed by atoms with Gasteiger partial charge in [-0.2, -0.15) is 0 Å². The molecule has 0 atom stereocenters. The number of allylic oxidation sites excluding steroid dienone is 2. The number of rotatable bonds is 3. The molecule has 0 unspecified atom stereocenters. The van der Waals surface area contributed by atoms with Crippen LogP contribution in [0.2, 0.25) is 0 Å². The normalized spacial score (nSPS) is 18.7. The number of methoxy groups -OCH3 is 3. The van der Waals surface area contributed by atoms with E-state index in [9.17, 15) is 9.59 Å². The van der Waals surface area contributed by atoms with Crippen LogP contribution in [-0.2, 0) is 29.2 Å². The summed E-state index contributed by atoms with van der Waals surface area (Å²) in [5.74, 6) is 0.434. The van der Waals surface area contributed by atoms with E-state index in [-0.39, 0.29) is 24.1 Å². The Balaban J connectivity index is 2.00. The van der Waals surface area contributed by atoms with E-state index in [1.165, 1.54) is 21.3 Å². The maximum Gasteiger partial charge on any atom is 0.335 e. The monoisotopic (exact) mass is 356 g/mol. The Kier molecular flexibility index (Phi) is 3.54. The first-order valence-corrected chi connectivity index (χ1v) is 7.87. The second-order valence-electron chi connectivity index (χ2n) is 5.97. The summed E-state index contributed by atoms with van der Waals surface area (Å²) in [4.78, 5) is 24.9. The molecule has 0 bridgehead atoms. The van der Waals surface area contributed by atoms with E-state index in [0.717, 1.165) is 11.1 Å². The van der Waals surface area contributed by atoms with Crippen molar-refractivity contribution in [3.63, 3.8) is 0 Å².